The van der Waals surface area contributed by atoms with E-state index in [1.165, 1.54) is 0 Å². The number of phenolic OH excluding ortho intramolecular Hbond substituents is 1. The average molecular weight is 407 g/mol. The third kappa shape index (κ3) is 3.38. The van der Waals surface area contributed by atoms with Gasteiger partial charge >= 0.3 is 0 Å². The number of carbonyl (C=O) groups is 1. The van der Waals surface area contributed by atoms with Gasteiger partial charge in [-0.3, -0.25) is 4.79 Å². The highest BCUT2D eigenvalue weighted by Gasteiger charge is 2.60. The van der Waals surface area contributed by atoms with Crippen molar-refractivity contribution in [1.29, 1.82) is 0 Å². The number of fused-ring (bicyclic) bond motifs is 5. The molecule has 0 spiro atoms. The van der Waals surface area contributed by atoms with E-state index >= 15 is 4.39 Å². The molecule has 4 heteroatoms. The Morgan fingerprint density at radius 3 is 2.82 bits per heavy atom. The van der Waals surface area contributed by atoms with Gasteiger partial charge in [0.05, 0.1) is 0 Å². The van der Waals surface area contributed by atoms with Crippen LogP contribution in [0.15, 0.2) is 18.2 Å². The van der Waals surface area contributed by atoms with Crippen LogP contribution >= 0.6 is 11.6 Å². The highest BCUT2D eigenvalue weighted by molar-refractivity contribution is 6.17. The first-order valence-electron chi connectivity index (χ1n) is 11.0. The molecule has 0 saturated heterocycles. The molecular formula is C24H32ClFO2. The van der Waals surface area contributed by atoms with Crippen molar-refractivity contribution in [2.24, 2.45) is 23.2 Å². The molecule has 1 aromatic carbocycles. The molecule has 0 aromatic heterocycles. The van der Waals surface area contributed by atoms with Crippen LogP contribution in [-0.2, 0) is 11.2 Å². The van der Waals surface area contributed by atoms with Gasteiger partial charge in [-0.05, 0) is 73.1 Å². The van der Waals surface area contributed by atoms with E-state index in [4.69, 9.17) is 11.6 Å². The van der Waals surface area contributed by atoms with Crippen molar-refractivity contribution in [2.45, 2.75) is 76.8 Å². The van der Waals surface area contributed by atoms with E-state index in [9.17, 15) is 9.90 Å². The number of phenols is 1. The van der Waals surface area contributed by atoms with Crippen molar-refractivity contribution in [3.8, 4) is 5.75 Å². The van der Waals surface area contributed by atoms with Crippen LogP contribution in [-0.4, -0.2) is 22.9 Å². The second-order valence-electron chi connectivity index (χ2n) is 9.55. The van der Waals surface area contributed by atoms with E-state index in [1.807, 2.05) is 19.1 Å². The zero-order valence-corrected chi connectivity index (χ0v) is 17.6. The average Bonchev–Trinajstić information content (AvgIpc) is 2.95. The third-order valence-corrected chi connectivity index (χ3v) is 8.26. The van der Waals surface area contributed by atoms with Gasteiger partial charge in [-0.2, -0.15) is 0 Å². The summed E-state index contributed by atoms with van der Waals surface area (Å²) < 4.78 is 15.6. The molecule has 154 valence electrons. The fourth-order valence-corrected chi connectivity index (χ4v) is 6.88. The fraction of sp³-hybridized carbons (Fsp3) is 0.708. The maximum atomic E-state index is 15.6. The van der Waals surface area contributed by atoms with Crippen LogP contribution in [0.3, 0.4) is 0 Å². The fourth-order valence-electron chi connectivity index (χ4n) is 6.69. The topological polar surface area (TPSA) is 37.3 Å². The molecule has 1 aromatic rings. The smallest absolute Gasteiger partial charge is 0.139 e. The minimum Gasteiger partial charge on any atom is -0.508 e. The molecule has 0 amide bonds. The summed E-state index contributed by atoms with van der Waals surface area (Å²) in [6.07, 6.45) is 7.38. The minimum atomic E-state index is -0.976. The number of carbonyl (C=O) groups excluding carboxylic acids is 1. The number of rotatable bonds is 6. The molecule has 0 aliphatic heterocycles. The number of ketones is 1. The van der Waals surface area contributed by atoms with Crippen molar-refractivity contribution < 1.29 is 14.3 Å². The second-order valence-corrected chi connectivity index (χ2v) is 9.93. The minimum absolute atomic E-state index is 0.124. The largest absolute Gasteiger partial charge is 0.508 e. The monoisotopic (exact) mass is 406 g/mol. The quantitative estimate of drug-likeness (QED) is 0.452. The standard InChI is InChI=1S/C24H32ClFO2/c1-24-14-20(26)23-18-8-7-17(27)13-16(18)12-15(6-4-2-3-5-11-25)22(23)19(24)9-10-21(24)28/h7-8,13,15,19-20,22-23,27H,2-6,9-12,14H2,1H3/t15?,19-,20?,22-,23-,24-/m0/s1. The van der Waals surface area contributed by atoms with Gasteiger partial charge in [0, 0.05) is 23.6 Å². The number of benzene rings is 1. The molecular weight excluding hydrogens is 375 g/mol. The summed E-state index contributed by atoms with van der Waals surface area (Å²) in [5.74, 6) is 2.07. The Hall–Kier alpha value is -1.09. The summed E-state index contributed by atoms with van der Waals surface area (Å²) in [4.78, 5) is 12.7. The lowest BCUT2D eigenvalue weighted by Gasteiger charge is -2.53. The molecule has 3 aliphatic carbocycles. The summed E-state index contributed by atoms with van der Waals surface area (Å²) in [5.41, 5.74) is 1.71. The van der Waals surface area contributed by atoms with E-state index in [2.05, 4.69) is 0 Å². The van der Waals surface area contributed by atoms with Crippen molar-refractivity contribution in [1.82, 2.24) is 0 Å². The molecule has 2 nitrogen and oxygen atoms in total. The van der Waals surface area contributed by atoms with Crippen LogP contribution in [0.25, 0.3) is 0 Å². The van der Waals surface area contributed by atoms with Crippen LogP contribution in [0.1, 0.15) is 75.3 Å². The molecule has 28 heavy (non-hydrogen) atoms. The van der Waals surface area contributed by atoms with E-state index in [-0.39, 0.29) is 23.4 Å². The van der Waals surface area contributed by atoms with Gasteiger partial charge in [-0.1, -0.05) is 32.3 Å². The van der Waals surface area contributed by atoms with Crippen molar-refractivity contribution >= 4 is 17.4 Å². The summed E-state index contributed by atoms with van der Waals surface area (Å²) in [7, 11) is 0. The lowest BCUT2D eigenvalue weighted by atomic mass is 9.51. The molecule has 0 heterocycles. The summed E-state index contributed by atoms with van der Waals surface area (Å²) in [6, 6.07) is 5.47. The molecule has 1 N–H and O–H groups in total. The van der Waals surface area contributed by atoms with Crippen molar-refractivity contribution in [3.63, 3.8) is 0 Å². The van der Waals surface area contributed by atoms with Crippen LogP contribution in [0.4, 0.5) is 4.39 Å². The summed E-state index contributed by atoms with van der Waals surface area (Å²) >= 11 is 5.80. The molecule has 2 saturated carbocycles. The number of Topliss-reactive ketones (excluding diaryl/α,β-unsaturated/α-hetero) is 1. The maximum Gasteiger partial charge on any atom is 0.139 e. The summed E-state index contributed by atoms with van der Waals surface area (Å²) in [6.45, 7) is 2.03. The van der Waals surface area contributed by atoms with Gasteiger partial charge in [0.15, 0.2) is 0 Å². The van der Waals surface area contributed by atoms with Crippen molar-refractivity contribution in [3.05, 3.63) is 29.3 Å². The maximum absolute atomic E-state index is 15.6. The first-order chi connectivity index (χ1) is 13.5. The first-order valence-corrected chi connectivity index (χ1v) is 11.5. The molecule has 6 atom stereocenters. The number of aromatic hydroxyl groups is 1. The number of alkyl halides is 2. The predicted octanol–water partition coefficient (Wildman–Crippen LogP) is 6.18. The Bertz CT molecular complexity index is 735. The number of hydrogen-bond donors (Lipinski definition) is 1. The number of halogens is 2. The Morgan fingerprint density at radius 1 is 1.25 bits per heavy atom. The highest BCUT2D eigenvalue weighted by Crippen LogP contribution is 2.62. The van der Waals surface area contributed by atoms with Gasteiger partial charge < -0.3 is 5.11 Å². The molecule has 2 fully saturated rings. The van der Waals surface area contributed by atoms with E-state index in [0.717, 1.165) is 56.1 Å². The SMILES string of the molecule is C[C@]12CC(F)[C@@H]3c4ccc(O)cc4CC(CCCCCCCl)[C@H]3[C@@H]1CCC2=O. The normalized spacial score (nSPS) is 36.7. The lowest BCUT2D eigenvalue weighted by Crippen LogP contribution is -2.50. The summed E-state index contributed by atoms with van der Waals surface area (Å²) in [5, 5.41) is 9.98. The second kappa shape index (κ2) is 7.97. The van der Waals surface area contributed by atoms with Gasteiger partial charge in [0.25, 0.3) is 0 Å². The number of hydrogen-bond acceptors (Lipinski definition) is 2. The zero-order chi connectivity index (χ0) is 19.9. The zero-order valence-electron chi connectivity index (χ0n) is 16.8. The molecule has 2 unspecified atom stereocenters. The Kier molecular flexibility index (Phi) is 5.75. The molecule has 4 rings (SSSR count). The first kappa shape index (κ1) is 20.2. The van der Waals surface area contributed by atoms with Crippen LogP contribution in [0.5, 0.6) is 5.75 Å². The molecule has 0 bridgehead atoms. The van der Waals surface area contributed by atoms with E-state index < -0.39 is 11.6 Å². The molecule has 3 aliphatic rings. The van der Waals surface area contributed by atoms with Crippen LogP contribution in [0, 0.1) is 23.2 Å². The van der Waals surface area contributed by atoms with Gasteiger partial charge in [-0.25, -0.2) is 4.39 Å². The van der Waals surface area contributed by atoms with Gasteiger partial charge in [0.2, 0.25) is 0 Å². The van der Waals surface area contributed by atoms with Crippen LogP contribution < -0.4 is 0 Å². The van der Waals surface area contributed by atoms with Gasteiger partial charge in [0.1, 0.15) is 17.7 Å². The van der Waals surface area contributed by atoms with E-state index in [0.29, 0.717) is 30.6 Å². The van der Waals surface area contributed by atoms with E-state index in [1.54, 1.807) is 6.07 Å². The van der Waals surface area contributed by atoms with Crippen molar-refractivity contribution in [2.75, 3.05) is 5.88 Å². The Labute approximate surface area is 172 Å². The lowest BCUT2D eigenvalue weighted by molar-refractivity contribution is -0.132. The Balaban J connectivity index is 1.64. The molecule has 0 radical (unpaired) electrons. The third-order valence-electron chi connectivity index (χ3n) is 8.00. The Morgan fingerprint density at radius 2 is 2.04 bits per heavy atom. The highest BCUT2D eigenvalue weighted by atomic mass is 35.5. The van der Waals surface area contributed by atoms with Crippen LogP contribution in [0.2, 0.25) is 0 Å². The predicted molar refractivity (Wildman–Crippen MR) is 111 cm³/mol. The van der Waals surface area contributed by atoms with Gasteiger partial charge in [-0.15, -0.1) is 11.6 Å². The number of unbranched alkanes of at least 4 members (excludes halogenated alkanes) is 3.